The predicted octanol–water partition coefficient (Wildman–Crippen LogP) is 4.93. The van der Waals surface area contributed by atoms with Gasteiger partial charge in [-0.1, -0.05) is 60.7 Å². The number of carbonyl (C=O) groups is 1. The molecule has 30 heavy (non-hydrogen) atoms. The van der Waals surface area contributed by atoms with Crippen molar-refractivity contribution in [1.82, 2.24) is 10.2 Å². The number of aromatic carboxylic acids is 1. The Hall–Kier alpha value is -4.06. The minimum absolute atomic E-state index is 0.0207. The van der Waals surface area contributed by atoms with Gasteiger partial charge in [0.05, 0.1) is 5.69 Å². The summed E-state index contributed by atoms with van der Waals surface area (Å²) in [5.74, 6) is 0.157. The Morgan fingerprint density at radius 1 is 0.800 bits per heavy atom. The van der Waals surface area contributed by atoms with Crippen molar-refractivity contribution in [3.8, 4) is 22.8 Å². The SMILES string of the molecule is O=C(O)c1cc(-c2cc(OCc3ccccc3)cc(OCc3ccccc3)c2)n[nH]1. The standard InChI is InChI=1S/C24H20N2O4/c27-24(28)23-14-22(25-26-23)19-11-20(29-15-17-7-3-1-4-8-17)13-21(12-19)30-16-18-9-5-2-6-10-18/h1-14H,15-16H2,(H,25,26)(H,27,28). The van der Waals surface area contributed by atoms with Gasteiger partial charge >= 0.3 is 5.97 Å². The Labute approximate surface area is 173 Å². The summed E-state index contributed by atoms with van der Waals surface area (Å²) in [6, 6.07) is 26.7. The Morgan fingerprint density at radius 3 is 1.80 bits per heavy atom. The molecule has 4 rings (SSSR count). The first kappa shape index (κ1) is 19.3. The first-order valence-corrected chi connectivity index (χ1v) is 9.45. The zero-order valence-electron chi connectivity index (χ0n) is 16.1. The van der Waals surface area contributed by atoms with Crippen molar-refractivity contribution in [2.24, 2.45) is 0 Å². The summed E-state index contributed by atoms with van der Waals surface area (Å²) in [4.78, 5) is 11.2. The molecule has 0 atom stereocenters. The number of carboxylic acid groups (broad SMARTS) is 1. The first-order chi connectivity index (χ1) is 14.7. The Morgan fingerprint density at radius 2 is 1.33 bits per heavy atom. The molecule has 3 aromatic carbocycles. The Balaban J connectivity index is 1.59. The Kier molecular flexibility index (Phi) is 5.75. The van der Waals surface area contributed by atoms with Crippen LogP contribution in [0, 0.1) is 0 Å². The van der Waals surface area contributed by atoms with Crippen LogP contribution in [0.5, 0.6) is 11.5 Å². The lowest BCUT2D eigenvalue weighted by Crippen LogP contribution is -1.98. The molecule has 2 N–H and O–H groups in total. The maximum atomic E-state index is 11.2. The smallest absolute Gasteiger partial charge is 0.353 e. The number of benzene rings is 3. The van der Waals surface area contributed by atoms with E-state index in [4.69, 9.17) is 14.6 Å². The molecule has 6 nitrogen and oxygen atoms in total. The number of hydrogen-bond donors (Lipinski definition) is 2. The fourth-order valence-corrected chi connectivity index (χ4v) is 2.95. The molecule has 0 unspecified atom stereocenters. The van der Waals surface area contributed by atoms with E-state index in [9.17, 15) is 4.79 Å². The van der Waals surface area contributed by atoms with Gasteiger partial charge in [-0.25, -0.2) is 4.79 Å². The maximum absolute atomic E-state index is 11.2. The molecule has 0 aliphatic heterocycles. The van der Waals surface area contributed by atoms with Gasteiger partial charge in [-0.15, -0.1) is 0 Å². The molecule has 0 bridgehead atoms. The fraction of sp³-hybridized carbons (Fsp3) is 0.0833. The third kappa shape index (κ3) is 4.86. The van der Waals surface area contributed by atoms with Crippen LogP contribution in [0.4, 0.5) is 0 Å². The van der Waals surface area contributed by atoms with E-state index in [1.807, 2.05) is 78.9 Å². The van der Waals surface area contributed by atoms with Crippen molar-refractivity contribution in [1.29, 1.82) is 0 Å². The molecule has 6 heteroatoms. The molecular formula is C24H20N2O4. The van der Waals surface area contributed by atoms with Crippen molar-refractivity contribution < 1.29 is 19.4 Å². The van der Waals surface area contributed by atoms with E-state index >= 15 is 0 Å². The molecule has 0 radical (unpaired) electrons. The second-order valence-corrected chi connectivity index (χ2v) is 6.71. The lowest BCUT2D eigenvalue weighted by Gasteiger charge is -2.12. The largest absolute Gasteiger partial charge is 0.489 e. The molecule has 1 aromatic heterocycles. The van der Waals surface area contributed by atoms with Crippen LogP contribution in [0.2, 0.25) is 0 Å². The van der Waals surface area contributed by atoms with E-state index in [0.29, 0.717) is 36.0 Å². The molecule has 0 saturated heterocycles. The van der Waals surface area contributed by atoms with Crippen molar-refractivity contribution in [2.75, 3.05) is 0 Å². The van der Waals surface area contributed by atoms with Crippen LogP contribution < -0.4 is 9.47 Å². The predicted molar refractivity (Wildman–Crippen MR) is 113 cm³/mol. The molecule has 1 heterocycles. The molecule has 0 amide bonds. The van der Waals surface area contributed by atoms with Crippen molar-refractivity contribution >= 4 is 5.97 Å². The van der Waals surface area contributed by atoms with E-state index in [1.54, 1.807) is 0 Å². The summed E-state index contributed by atoms with van der Waals surface area (Å²) in [7, 11) is 0. The fourth-order valence-electron chi connectivity index (χ4n) is 2.95. The minimum Gasteiger partial charge on any atom is -0.489 e. The van der Waals surface area contributed by atoms with E-state index in [2.05, 4.69) is 10.2 Å². The summed E-state index contributed by atoms with van der Waals surface area (Å²) in [6.07, 6.45) is 0. The van der Waals surface area contributed by atoms with Crippen molar-refractivity contribution in [3.63, 3.8) is 0 Å². The van der Waals surface area contributed by atoms with Crippen LogP contribution in [0.1, 0.15) is 21.6 Å². The highest BCUT2D eigenvalue weighted by Crippen LogP contribution is 2.30. The van der Waals surface area contributed by atoms with Gasteiger partial charge < -0.3 is 14.6 Å². The lowest BCUT2D eigenvalue weighted by atomic mass is 10.1. The summed E-state index contributed by atoms with van der Waals surface area (Å²) in [5, 5.41) is 15.8. The molecule has 4 aromatic rings. The van der Waals surface area contributed by atoms with Crippen LogP contribution in [0.15, 0.2) is 84.9 Å². The number of ether oxygens (including phenoxy) is 2. The maximum Gasteiger partial charge on any atom is 0.353 e. The molecule has 0 aliphatic carbocycles. The Bertz CT molecular complexity index is 1060. The number of rotatable bonds is 8. The monoisotopic (exact) mass is 400 g/mol. The van der Waals surface area contributed by atoms with Crippen LogP contribution in [0.3, 0.4) is 0 Å². The second kappa shape index (κ2) is 8.96. The molecule has 0 saturated carbocycles. The number of aromatic amines is 1. The normalized spacial score (nSPS) is 10.5. The molecule has 0 aliphatic rings. The summed E-state index contributed by atoms with van der Waals surface area (Å²) in [6.45, 7) is 0.812. The van der Waals surface area contributed by atoms with E-state index < -0.39 is 5.97 Å². The highest BCUT2D eigenvalue weighted by molar-refractivity contribution is 5.87. The van der Waals surface area contributed by atoms with Crippen LogP contribution in [-0.4, -0.2) is 21.3 Å². The van der Waals surface area contributed by atoms with Gasteiger partial charge in [0.25, 0.3) is 0 Å². The number of H-pyrrole nitrogens is 1. The number of hydrogen-bond acceptors (Lipinski definition) is 4. The lowest BCUT2D eigenvalue weighted by molar-refractivity contribution is 0.0690. The summed E-state index contributed by atoms with van der Waals surface area (Å²) in [5.41, 5.74) is 3.31. The average Bonchev–Trinajstić information content (AvgIpc) is 3.29. The topological polar surface area (TPSA) is 84.4 Å². The third-order valence-electron chi connectivity index (χ3n) is 4.48. The number of aromatic nitrogens is 2. The van der Waals surface area contributed by atoms with E-state index in [1.165, 1.54) is 6.07 Å². The van der Waals surface area contributed by atoms with Crippen molar-refractivity contribution in [3.05, 3.63) is 102 Å². The average molecular weight is 400 g/mol. The number of carboxylic acids is 1. The van der Waals surface area contributed by atoms with E-state index in [0.717, 1.165) is 11.1 Å². The second-order valence-electron chi connectivity index (χ2n) is 6.71. The van der Waals surface area contributed by atoms with Gasteiger partial charge in [0.2, 0.25) is 0 Å². The zero-order chi connectivity index (χ0) is 20.8. The highest BCUT2D eigenvalue weighted by atomic mass is 16.5. The highest BCUT2D eigenvalue weighted by Gasteiger charge is 2.12. The molecular weight excluding hydrogens is 380 g/mol. The quantitative estimate of drug-likeness (QED) is 0.438. The van der Waals surface area contributed by atoms with Gasteiger partial charge in [-0.2, -0.15) is 5.10 Å². The van der Waals surface area contributed by atoms with Gasteiger partial charge in [-0.3, -0.25) is 5.10 Å². The zero-order valence-corrected chi connectivity index (χ0v) is 16.1. The van der Waals surface area contributed by atoms with Gasteiger partial charge in [0, 0.05) is 11.6 Å². The van der Waals surface area contributed by atoms with Crippen LogP contribution in [0.25, 0.3) is 11.3 Å². The minimum atomic E-state index is -1.06. The van der Waals surface area contributed by atoms with E-state index in [-0.39, 0.29) is 5.69 Å². The number of nitrogens with zero attached hydrogens (tertiary/aromatic N) is 1. The first-order valence-electron chi connectivity index (χ1n) is 9.45. The molecule has 0 fully saturated rings. The number of nitrogens with one attached hydrogen (secondary N) is 1. The van der Waals surface area contributed by atoms with Gasteiger partial charge in [0.1, 0.15) is 30.4 Å². The molecule has 150 valence electrons. The van der Waals surface area contributed by atoms with Gasteiger partial charge in [-0.05, 0) is 29.3 Å². The summed E-state index contributed by atoms with van der Waals surface area (Å²) >= 11 is 0. The van der Waals surface area contributed by atoms with Crippen molar-refractivity contribution in [2.45, 2.75) is 13.2 Å². The van der Waals surface area contributed by atoms with Crippen LogP contribution in [-0.2, 0) is 13.2 Å². The van der Waals surface area contributed by atoms with Gasteiger partial charge in [0.15, 0.2) is 0 Å². The third-order valence-corrected chi connectivity index (χ3v) is 4.48. The summed E-state index contributed by atoms with van der Waals surface area (Å²) < 4.78 is 11.9. The molecule has 0 spiro atoms. The van der Waals surface area contributed by atoms with Crippen LogP contribution >= 0.6 is 0 Å².